The van der Waals surface area contributed by atoms with E-state index in [1.807, 2.05) is 88.1 Å². The van der Waals surface area contributed by atoms with Gasteiger partial charge in [-0.1, -0.05) is 48.5 Å². The van der Waals surface area contributed by atoms with Crippen molar-refractivity contribution in [3.05, 3.63) is 171 Å². The first kappa shape index (κ1) is 36.4. The van der Waals surface area contributed by atoms with Gasteiger partial charge in [0.2, 0.25) is 0 Å². The lowest BCUT2D eigenvalue weighted by Crippen LogP contribution is -2.22. The number of fused-ring (bicyclic) bond motifs is 1. The largest absolute Gasteiger partial charge is 0.442 e. The van der Waals surface area contributed by atoms with Crippen molar-refractivity contribution < 1.29 is 14.5 Å². The fourth-order valence-corrected chi connectivity index (χ4v) is 6.53. The third kappa shape index (κ3) is 7.51. The zero-order chi connectivity index (χ0) is 38.0. The number of carbonyl (C=O) groups is 1. The Labute approximate surface area is 311 Å². The maximum atomic E-state index is 13.9. The van der Waals surface area contributed by atoms with Gasteiger partial charge in [-0.25, -0.2) is 4.79 Å². The van der Waals surface area contributed by atoms with Crippen LogP contribution in [0.3, 0.4) is 0 Å². The standard InChI is InChI=1S/C44H45N5O4/c1-45(2)34-17-9-30(10-18-34)40(31-11-19-35(20-12-31)46(3)4)28-44(42-26-25-38(49(51)52)27-39(42)43(50)53-44)29-41(32-13-21-36(22-14-32)47(5)6)33-15-23-37(24-16-33)48(7)8/h9-29H,1-8H3. The zero-order valence-corrected chi connectivity index (χ0v) is 31.5. The second-order valence-electron chi connectivity index (χ2n) is 14.1. The van der Waals surface area contributed by atoms with Gasteiger partial charge in [-0.2, -0.15) is 0 Å². The quantitative estimate of drug-likeness (QED) is 0.0769. The van der Waals surface area contributed by atoms with E-state index in [2.05, 4.69) is 97.1 Å². The maximum Gasteiger partial charge on any atom is 0.340 e. The number of nitrogens with zero attached hydrogens (tertiary/aromatic N) is 5. The number of hydrogen-bond donors (Lipinski definition) is 0. The summed E-state index contributed by atoms with van der Waals surface area (Å²) < 4.78 is 6.50. The molecule has 1 aliphatic rings. The van der Waals surface area contributed by atoms with Gasteiger partial charge in [0.1, 0.15) is 0 Å². The molecule has 0 aliphatic carbocycles. The highest BCUT2D eigenvalue weighted by molar-refractivity contribution is 5.98. The van der Waals surface area contributed by atoms with Crippen molar-refractivity contribution in [2.45, 2.75) is 5.60 Å². The van der Waals surface area contributed by atoms with E-state index in [0.29, 0.717) is 5.56 Å². The molecule has 53 heavy (non-hydrogen) atoms. The van der Waals surface area contributed by atoms with Crippen molar-refractivity contribution in [3.63, 3.8) is 0 Å². The van der Waals surface area contributed by atoms with Crippen LogP contribution in [0.2, 0.25) is 0 Å². The second kappa shape index (κ2) is 14.7. The van der Waals surface area contributed by atoms with Crippen LogP contribution in [0.4, 0.5) is 28.4 Å². The minimum absolute atomic E-state index is 0.155. The molecule has 0 unspecified atom stereocenters. The number of non-ortho nitro benzene ring substituents is 1. The van der Waals surface area contributed by atoms with E-state index in [4.69, 9.17) is 4.74 Å². The third-order valence-corrected chi connectivity index (χ3v) is 9.61. The minimum atomic E-state index is -1.45. The summed E-state index contributed by atoms with van der Waals surface area (Å²) in [5, 5.41) is 11.9. The van der Waals surface area contributed by atoms with Crippen LogP contribution in [0.15, 0.2) is 127 Å². The lowest BCUT2D eigenvalue weighted by molar-refractivity contribution is -0.384. The number of hydrogen-bond acceptors (Lipinski definition) is 8. The molecule has 5 aromatic carbocycles. The minimum Gasteiger partial charge on any atom is -0.442 e. The van der Waals surface area contributed by atoms with Crippen molar-refractivity contribution >= 4 is 45.6 Å². The molecule has 5 aromatic rings. The number of benzene rings is 5. The van der Waals surface area contributed by atoms with Crippen LogP contribution in [-0.4, -0.2) is 67.3 Å². The smallest absolute Gasteiger partial charge is 0.340 e. The number of ether oxygens (including phenoxy) is 1. The first-order valence-corrected chi connectivity index (χ1v) is 17.4. The van der Waals surface area contributed by atoms with Gasteiger partial charge in [-0.3, -0.25) is 10.1 Å². The fourth-order valence-electron chi connectivity index (χ4n) is 6.53. The third-order valence-electron chi connectivity index (χ3n) is 9.61. The number of nitro groups is 1. The van der Waals surface area contributed by atoms with E-state index in [9.17, 15) is 14.9 Å². The van der Waals surface area contributed by atoms with Crippen LogP contribution in [0, 0.1) is 10.1 Å². The molecule has 1 heterocycles. The molecule has 9 nitrogen and oxygen atoms in total. The first-order valence-electron chi connectivity index (χ1n) is 17.4. The number of carbonyl (C=O) groups excluding carboxylic acids is 1. The normalized spacial score (nSPS) is 12.6. The van der Waals surface area contributed by atoms with Gasteiger partial charge in [-0.05, 0) is 100 Å². The molecule has 9 heteroatoms. The predicted octanol–water partition coefficient (Wildman–Crippen LogP) is 8.49. The molecule has 0 saturated carbocycles. The molecule has 0 aromatic heterocycles. The van der Waals surface area contributed by atoms with Gasteiger partial charge >= 0.3 is 5.97 Å². The Morgan fingerprint density at radius 2 is 0.868 bits per heavy atom. The van der Waals surface area contributed by atoms with Gasteiger partial charge in [0.25, 0.3) is 5.69 Å². The molecule has 0 radical (unpaired) electrons. The first-order chi connectivity index (χ1) is 25.3. The molecular weight excluding hydrogens is 663 g/mol. The number of nitro benzene ring substituents is 1. The summed E-state index contributed by atoms with van der Waals surface area (Å²) in [5.74, 6) is -0.633. The molecule has 6 rings (SSSR count). The number of anilines is 4. The molecule has 0 N–H and O–H groups in total. The summed E-state index contributed by atoms with van der Waals surface area (Å²) in [6.07, 6.45) is 3.97. The fraction of sp³-hybridized carbons (Fsp3) is 0.205. The highest BCUT2D eigenvalue weighted by Gasteiger charge is 2.44. The molecular formula is C44H45N5O4. The van der Waals surface area contributed by atoms with E-state index >= 15 is 0 Å². The SMILES string of the molecule is CN(C)c1ccc(C(=CC2(C=C(c3ccc(N(C)C)cc3)c3ccc(N(C)C)cc3)OC(=O)c3cc([N+](=O)[O-])ccc32)c2ccc(N(C)C)cc2)cc1. The zero-order valence-electron chi connectivity index (χ0n) is 31.5. The highest BCUT2D eigenvalue weighted by Crippen LogP contribution is 2.46. The Morgan fingerprint density at radius 3 is 1.15 bits per heavy atom. The monoisotopic (exact) mass is 707 g/mol. The van der Waals surface area contributed by atoms with Gasteiger partial charge in [-0.15, -0.1) is 0 Å². The Bertz CT molecular complexity index is 1960. The Kier molecular flexibility index (Phi) is 10.1. The molecule has 0 bridgehead atoms. The van der Waals surface area contributed by atoms with Crippen molar-refractivity contribution in [3.8, 4) is 0 Å². The maximum absolute atomic E-state index is 13.9. The summed E-state index contributed by atoms with van der Waals surface area (Å²) in [5.41, 5.74) is 8.55. The van der Waals surface area contributed by atoms with Crippen LogP contribution in [0.1, 0.15) is 38.2 Å². The summed E-state index contributed by atoms with van der Waals surface area (Å²) >= 11 is 0. The lowest BCUT2D eigenvalue weighted by Gasteiger charge is -2.27. The van der Waals surface area contributed by atoms with Crippen molar-refractivity contribution in [1.82, 2.24) is 0 Å². The van der Waals surface area contributed by atoms with Gasteiger partial charge in [0.15, 0.2) is 5.60 Å². The highest BCUT2D eigenvalue weighted by atomic mass is 16.6. The topological polar surface area (TPSA) is 82.4 Å². The number of rotatable bonds is 11. The second-order valence-corrected chi connectivity index (χ2v) is 14.1. The van der Waals surface area contributed by atoms with E-state index in [1.54, 1.807) is 6.07 Å². The molecule has 270 valence electrons. The van der Waals surface area contributed by atoms with Crippen LogP contribution in [0.5, 0.6) is 0 Å². The van der Waals surface area contributed by atoms with Crippen LogP contribution in [0.25, 0.3) is 11.1 Å². The van der Waals surface area contributed by atoms with Crippen LogP contribution < -0.4 is 19.6 Å². The van der Waals surface area contributed by atoms with Crippen molar-refractivity contribution in [1.29, 1.82) is 0 Å². The molecule has 0 spiro atoms. The van der Waals surface area contributed by atoms with Gasteiger partial charge in [0.05, 0.1) is 10.5 Å². The summed E-state index contributed by atoms with van der Waals surface area (Å²) in [6.45, 7) is 0. The number of esters is 1. The molecule has 0 amide bonds. The summed E-state index contributed by atoms with van der Waals surface area (Å²) in [4.78, 5) is 33.5. The Morgan fingerprint density at radius 1 is 0.547 bits per heavy atom. The average molecular weight is 708 g/mol. The van der Waals surface area contributed by atoms with E-state index in [0.717, 1.165) is 56.1 Å². The van der Waals surface area contributed by atoms with Crippen LogP contribution >= 0.6 is 0 Å². The molecule has 0 atom stereocenters. The molecule has 0 fully saturated rings. The van der Waals surface area contributed by atoms with E-state index in [-0.39, 0.29) is 11.3 Å². The van der Waals surface area contributed by atoms with E-state index < -0.39 is 16.5 Å². The lowest BCUT2D eigenvalue weighted by atomic mass is 9.83. The molecule has 0 saturated heterocycles. The summed E-state index contributed by atoms with van der Waals surface area (Å²) in [7, 11) is 16.0. The van der Waals surface area contributed by atoms with Crippen molar-refractivity contribution in [2.24, 2.45) is 0 Å². The Hall–Kier alpha value is -6.35. The van der Waals surface area contributed by atoms with Crippen molar-refractivity contribution in [2.75, 3.05) is 76.0 Å². The van der Waals surface area contributed by atoms with E-state index in [1.165, 1.54) is 12.1 Å². The average Bonchev–Trinajstić information content (AvgIpc) is 3.43. The predicted molar refractivity (Wildman–Crippen MR) is 217 cm³/mol. The summed E-state index contributed by atoms with van der Waals surface area (Å²) in [6, 6.07) is 37.4. The van der Waals surface area contributed by atoms with Gasteiger partial charge < -0.3 is 24.3 Å². The molecule has 1 aliphatic heterocycles. The number of cyclic esters (lactones) is 1. The Balaban J connectivity index is 1.68. The van der Waals surface area contributed by atoms with Crippen LogP contribution in [-0.2, 0) is 10.3 Å². The van der Waals surface area contributed by atoms with Gasteiger partial charge in [0, 0.05) is 96.8 Å².